The summed E-state index contributed by atoms with van der Waals surface area (Å²) in [6.45, 7) is 2.11. The highest BCUT2D eigenvalue weighted by Gasteiger charge is 2.16. The zero-order valence-electron chi connectivity index (χ0n) is 14.8. The van der Waals surface area contributed by atoms with E-state index < -0.39 is 0 Å². The molecule has 4 heteroatoms. The van der Waals surface area contributed by atoms with Gasteiger partial charge in [0.15, 0.2) is 0 Å². The van der Waals surface area contributed by atoms with Gasteiger partial charge in [-0.1, -0.05) is 36.4 Å². The first-order valence-electron chi connectivity index (χ1n) is 8.83. The van der Waals surface area contributed by atoms with Crippen LogP contribution in [0, 0.1) is 6.92 Å². The Morgan fingerprint density at radius 1 is 0.852 bits per heavy atom. The van der Waals surface area contributed by atoms with Crippen molar-refractivity contribution in [1.82, 2.24) is 15.0 Å². The number of aromatic nitrogens is 3. The summed E-state index contributed by atoms with van der Waals surface area (Å²) in [6, 6.07) is 21.1. The van der Waals surface area contributed by atoms with Crippen molar-refractivity contribution in [2.45, 2.75) is 6.92 Å². The molecule has 0 aliphatic heterocycles. The van der Waals surface area contributed by atoms with Gasteiger partial charge < -0.3 is 4.98 Å². The molecule has 0 radical (unpaired) electrons. The second kappa shape index (κ2) is 6.49. The van der Waals surface area contributed by atoms with Crippen LogP contribution in [-0.4, -0.2) is 15.0 Å². The van der Waals surface area contributed by atoms with Gasteiger partial charge in [0.25, 0.3) is 0 Å². The van der Waals surface area contributed by atoms with Gasteiger partial charge in [0, 0.05) is 23.5 Å². The number of aryl methyl sites for hydroxylation is 1. The second-order valence-corrected chi connectivity index (χ2v) is 7.51. The number of rotatable bonds is 3. The van der Waals surface area contributed by atoms with Crippen LogP contribution in [-0.2, 0) is 0 Å². The highest BCUT2D eigenvalue weighted by molar-refractivity contribution is 7.13. The Labute approximate surface area is 161 Å². The summed E-state index contributed by atoms with van der Waals surface area (Å²) in [5.74, 6) is 0.906. The van der Waals surface area contributed by atoms with E-state index in [-0.39, 0.29) is 0 Å². The lowest BCUT2D eigenvalue weighted by atomic mass is 10.0. The van der Waals surface area contributed by atoms with Crippen molar-refractivity contribution in [3.05, 3.63) is 84.0 Å². The first-order chi connectivity index (χ1) is 13.3. The molecule has 27 heavy (non-hydrogen) atoms. The lowest BCUT2D eigenvalue weighted by Gasteiger charge is -2.05. The number of pyridine rings is 1. The van der Waals surface area contributed by atoms with Crippen molar-refractivity contribution in [3.63, 3.8) is 0 Å². The molecular formula is C23H17N3S. The van der Waals surface area contributed by atoms with E-state index >= 15 is 0 Å². The summed E-state index contributed by atoms with van der Waals surface area (Å²) >= 11 is 1.71. The predicted octanol–water partition coefficient (Wildman–Crippen LogP) is 6.33. The Morgan fingerprint density at radius 2 is 1.67 bits per heavy atom. The zero-order valence-corrected chi connectivity index (χ0v) is 15.6. The Hall–Kier alpha value is -3.24. The van der Waals surface area contributed by atoms with E-state index in [0.717, 1.165) is 33.2 Å². The van der Waals surface area contributed by atoms with Crippen LogP contribution in [0.15, 0.2) is 78.4 Å². The van der Waals surface area contributed by atoms with Gasteiger partial charge in [-0.05, 0) is 52.9 Å². The minimum Gasteiger partial charge on any atom is -0.337 e. The van der Waals surface area contributed by atoms with Gasteiger partial charge in [-0.3, -0.25) is 4.98 Å². The molecule has 0 bridgehead atoms. The molecule has 0 atom stereocenters. The van der Waals surface area contributed by atoms with E-state index in [9.17, 15) is 0 Å². The van der Waals surface area contributed by atoms with Gasteiger partial charge in [0.1, 0.15) is 5.82 Å². The Kier molecular flexibility index (Phi) is 3.84. The number of fused-ring (bicyclic) bond motifs is 1. The second-order valence-electron chi connectivity index (χ2n) is 6.60. The molecule has 0 fully saturated rings. The Balaban J connectivity index is 1.72. The molecule has 2 aromatic carbocycles. The molecular weight excluding hydrogens is 350 g/mol. The SMILES string of the molecule is Cc1csc(-c2nc(-c3ccc4ccccc4c3)c(-c3ccncc3)[nH]2)c1. The number of imidazole rings is 1. The molecule has 130 valence electrons. The quantitative estimate of drug-likeness (QED) is 0.405. The predicted molar refractivity (Wildman–Crippen MR) is 113 cm³/mol. The Morgan fingerprint density at radius 3 is 2.44 bits per heavy atom. The van der Waals surface area contributed by atoms with Crippen molar-refractivity contribution in [2.24, 2.45) is 0 Å². The molecule has 0 saturated heterocycles. The van der Waals surface area contributed by atoms with Crippen molar-refractivity contribution < 1.29 is 0 Å². The average Bonchev–Trinajstić information content (AvgIpc) is 3.35. The minimum absolute atomic E-state index is 0.906. The van der Waals surface area contributed by atoms with Crippen LogP contribution in [0.3, 0.4) is 0 Å². The summed E-state index contributed by atoms with van der Waals surface area (Å²) in [6.07, 6.45) is 3.63. The summed E-state index contributed by atoms with van der Waals surface area (Å²) in [5.41, 5.74) is 5.43. The number of nitrogens with zero attached hydrogens (tertiary/aromatic N) is 2. The van der Waals surface area contributed by atoms with Crippen LogP contribution >= 0.6 is 11.3 Å². The minimum atomic E-state index is 0.906. The maximum absolute atomic E-state index is 4.98. The summed E-state index contributed by atoms with van der Waals surface area (Å²) < 4.78 is 0. The highest BCUT2D eigenvalue weighted by atomic mass is 32.1. The largest absolute Gasteiger partial charge is 0.337 e. The maximum Gasteiger partial charge on any atom is 0.148 e. The molecule has 5 aromatic rings. The van der Waals surface area contributed by atoms with E-state index in [2.05, 4.69) is 70.8 Å². The van der Waals surface area contributed by atoms with Crippen molar-refractivity contribution >= 4 is 22.1 Å². The van der Waals surface area contributed by atoms with Gasteiger partial charge in [0.05, 0.1) is 16.3 Å². The molecule has 0 unspecified atom stereocenters. The zero-order chi connectivity index (χ0) is 18.2. The third-order valence-electron chi connectivity index (χ3n) is 4.66. The topological polar surface area (TPSA) is 41.6 Å². The average molecular weight is 367 g/mol. The first kappa shape index (κ1) is 16.0. The summed E-state index contributed by atoms with van der Waals surface area (Å²) in [5, 5.41) is 4.60. The van der Waals surface area contributed by atoms with Crippen LogP contribution < -0.4 is 0 Å². The molecule has 0 aliphatic rings. The lowest BCUT2D eigenvalue weighted by molar-refractivity contribution is 1.31. The molecule has 3 nitrogen and oxygen atoms in total. The van der Waals surface area contributed by atoms with Gasteiger partial charge >= 0.3 is 0 Å². The number of benzene rings is 2. The number of H-pyrrole nitrogens is 1. The van der Waals surface area contributed by atoms with E-state index in [1.54, 1.807) is 11.3 Å². The van der Waals surface area contributed by atoms with Gasteiger partial charge in [-0.2, -0.15) is 0 Å². The van der Waals surface area contributed by atoms with Crippen LogP contribution in [0.1, 0.15) is 5.56 Å². The monoisotopic (exact) mass is 367 g/mol. The van der Waals surface area contributed by atoms with Crippen molar-refractivity contribution in [1.29, 1.82) is 0 Å². The molecule has 0 aliphatic carbocycles. The number of hydrogen-bond donors (Lipinski definition) is 1. The van der Waals surface area contributed by atoms with Gasteiger partial charge in [-0.15, -0.1) is 11.3 Å². The standard InChI is InChI=1S/C23H17N3S/c1-15-12-20(27-14-15)23-25-21(17-8-10-24-11-9-17)22(26-23)19-7-6-16-4-2-3-5-18(16)13-19/h2-14H,1H3,(H,25,26). The number of thiophene rings is 1. The molecule has 5 rings (SSSR count). The molecule has 0 saturated carbocycles. The third kappa shape index (κ3) is 2.94. The van der Waals surface area contributed by atoms with Crippen LogP contribution in [0.25, 0.3) is 44.0 Å². The fourth-order valence-corrected chi connectivity index (χ4v) is 4.16. The smallest absolute Gasteiger partial charge is 0.148 e. The fourth-order valence-electron chi connectivity index (χ4n) is 3.32. The lowest BCUT2D eigenvalue weighted by Crippen LogP contribution is -1.85. The molecule has 3 aromatic heterocycles. The first-order valence-corrected chi connectivity index (χ1v) is 9.71. The number of aromatic amines is 1. The van der Waals surface area contributed by atoms with Gasteiger partial charge in [-0.25, -0.2) is 4.98 Å². The van der Waals surface area contributed by atoms with E-state index in [0.29, 0.717) is 0 Å². The van der Waals surface area contributed by atoms with Gasteiger partial charge in [0.2, 0.25) is 0 Å². The van der Waals surface area contributed by atoms with Crippen LogP contribution in [0.2, 0.25) is 0 Å². The number of nitrogens with one attached hydrogen (secondary N) is 1. The van der Waals surface area contributed by atoms with E-state index in [1.807, 2.05) is 24.5 Å². The van der Waals surface area contributed by atoms with Crippen molar-refractivity contribution in [3.8, 4) is 33.2 Å². The van der Waals surface area contributed by atoms with E-state index in [4.69, 9.17) is 4.98 Å². The molecule has 0 spiro atoms. The maximum atomic E-state index is 4.98. The van der Waals surface area contributed by atoms with Crippen LogP contribution in [0.4, 0.5) is 0 Å². The fraction of sp³-hybridized carbons (Fsp3) is 0.0435. The third-order valence-corrected chi connectivity index (χ3v) is 5.71. The summed E-state index contributed by atoms with van der Waals surface area (Å²) in [7, 11) is 0. The molecule has 3 heterocycles. The van der Waals surface area contributed by atoms with Crippen LogP contribution in [0.5, 0.6) is 0 Å². The molecule has 1 N–H and O–H groups in total. The normalized spacial score (nSPS) is 11.1. The molecule has 0 amide bonds. The van der Waals surface area contributed by atoms with Crippen molar-refractivity contribution in [2.75, 3.05) is 0 Å². The summed E-state index contributed by atoms with van der Waals surface area (Å²) in [4.78, 5) is 13.8. The highest BCUT2D eigenvalue weighted by Crippen LogP contribution is 2.35. The van der Waals surface area contributed by atoms with E-state index in [1.165, 1.54) is 16.3 Å². The Bertz CT molecular complexity index is 1230. The number of hydrogen-bond acceptors (Lipinski definition) is 3.